The summed E-state index contributed by atoms with van der Waals surface area (Å²) in [4.78, 5) is 26.4. The first-order valence-electron chi connectivity index (χ1n) is 8.76. The molecule has 6 nitrogen and oxygen atoms in total. The van der Waals surface area contributed by atoms with Gasteiger partial charge in [0.05, 0.1) is 24.8 Å². The molecule has 9 heteroatoms. The normalized spacial score (nSPS) is 14.9. The third-order valence-electron chi connectivity index (χ3n) is 4.29. The monoisotopic (exact) mass is 507 g/mol. The van der Waals surface area contributed by atoms with Crippen LogP contribution in [0.4, 0.5) is 5.69 Å². The van der Waals surface area contributed by atoms with Crippen molar-refractivity contribution in [3.05, 3.63) is 56.9 Å². The molecular weight excluding hydrogens is 490 g/mol. The average Bonchev–Trinajstić information content (AvgIpc) is 3.01. The Labute approximate surface area is 192 Å². The quantitative estimate of drug-likeness (QED) is 0.318. The second-order valence-corrected chi connectivity index (χ2v) is 8.72. The molecule has 1 saturated heterocycles. The molecule has 156 valence electrons. The number of thiocarbonyl (C=S) groups is 1. The summed E-state index contributed by atoms with van der Waals surface area (Å²) in [5, 5.41) is 0. The van der Waals surface area contributed by atoms with E-state index in [0.717, 1.165) is 11.3 Å². The largest absolute Gasteiger partial charge is 0.493 e. The minimum Gasteiger partial charge on any atom is -0.493 e. The fourth-order valence-electron chi connectivity index (χ4n) is 2.76. The van der Waals surface area contributed by atoms with Crippen molar-refractivity contribution in [2.24, 2.45) is 0 Å². The van der Waals surface area contributed by atoms with E-state index in [9.17, 15) is 9.59 Å². The maximum Gasteiger partial charge on any atom is 0.343 e. The average molecular weight is 508 g/mol. The van der Waals surface area contributed by atoms with Crippen molar-refractivity contribution in [3.8, 4) is 11.5 Å². The number of rotatable bonds is 6. The number of carbonyl (C=O) groups is 2. The van der Waals surface area contributed by atoms with Crippen LogP contribution in [0, 0.1) is 6.92 Å². The van der Waals surface area contributed by atoms with Gasteiger partial charge in [-0.15, -0.1) is 0 Å². The van der Waals surface area contributed by atoms with Gasteiger partial charge in [0.1, 0.15) is 0 Å². The SMILES string of the molecule is COC(=O)COc1cc(Br)c(/C=C2/SC(=S)N(c3ccccc3C)C2=O)cc1OC. The van der Waals surface area contributed by atoms with Gasteiger partial charge in [-0.25, -0.2) is 4.79 Å². The summed E-state index contributed by atoms with van der Waals surface area (Å²) in [6, 6.07) is 11.0. The molecule has 0 N–H and O–H groups in total. The third kappa shape index (κ3) is 4.69. The molecule has 0 atom stereocenters. The number of hydrogen-bond acceptors (Lipinski definition) is 7. The van der Waals surface area contributed by atoms with Crippen LogP contribution in [0.2, 0.25) is 0 Å². The number of amides is 1. The molecule has 1 aliphatic rings. The second kappa shape index (κ2) is 9.63. The van der Waals surface area contributed by atoms with Gasteiger partial charge in [0.2, 0.25) is 0 Å². The minimum absolute atomic E-state index is 0.184. The third-order valence-corrected chi connectivity index (χ3v) is 6.28. The highest BCUT2D eigenvalue weighted by Crippen LogP contribution is 2.40. The molecule has 0 bridgehead atoms. The molecule has 2 aromatic rings. The zero-order valence-electron chi connectivity index (χ0n) is 16.4. The number of hydrogen-bond donors (Lipinski definition) is 0. The first-order valence-corrected chi connectivity index (χ1v) is 10.8. The number of methoxy groups -OCH3 is 2. The number of thioether (sulfide) groups is 1. The molecule has 0 saturated carbocycles. The van der Waals surface area contributed by atoms with E-state index in [-0.39, 0.29) is 12.5 Å². The van der Waals surface area contributed by atoms with Gasteiger partial charge >= 0.3 is 5.97 Å². The maximum atomic E-state index is 13.0. The lowest BCUT2D eigenvalue weighted by Gasteiger charge is -2.16. The van der Waals surface area contributed by atoms with Crippen molar-refractivity contribution in [3.63, 3.8) is 0 Å². The number of carbonyl (C=O) groups excluding carboxylic acids is 2. The molecule has 1 amide bonds. The fraction of sp³-hybridized carbons (Fsp3) is 0.190. The minimum atomic E-state index is -0.503. The Balaban J connectivity index is 1.91. The lowest BCUT2D eigenvalue weighted by molar-refractivity contribution is -0.142. The Bertz CT molecular complexity index is 1050. The van der Waals surface area contributed by atoms with Gasteiger partial charge in [-0.2, -0.15) is 0 Å². The molecule has 3 rings (SSSR count). The van der Waals surface area contributed by atoms with Gasteiger partial charge in [0.25, 0.3) is 5.91 Å². The summed E-state index contributed by atoms with van der Waals surface area (Å²) >= 11 is 10.2. The molecule has 0 aromatic heterocycles. The fourth-order valence-corrected chi connectivity index (χ4v) is 4.47. The van der Waals surface area contributed by atoms with Crippen LogP contribution in [0.25, 0.3) is 6.08 Å². The highest BCUT2D eigenvalue weighted by atomic mass is 79.9. The van der Waals surface area contributed by atoms with E-state index in [0.29, 0.717) is 30.8 Å². The van der Waals surface area contributed by atoms with Crippen molar-refractivity contribution in [1.82, 2.24) is 0 Å². The predicted octanol–water partition coefficient (Wildman–Crippen LogP) is 4.72. The second-order valence-electron chi connectivity index (χ2n) is 6.19. The van der Waals surface area contributed by atoms with Crippen LogP contribution in [-0.4, -0.2) is 37.0 Å². The maximum absolute atomic E-state index is 13.0. The Kier molecular flexibility index (Phi) is 7.17. The number of para-hydroxylation sites is 1. The van der Waals surface area contributed by atoms with E-state index in [1.165, 1.54) is 26.0 Å². The van der Waals surface area contributed by atoms with E-state index >= 15 is 0 Å². The summed E-state index contributed by atoms with van der Waals surface area (Å²) in [7, 11) is 2.78. The number of ether oxygens (including phenoxy) is 3. The first-order chi connectivity index (χ1) is 14.3. The van der Waals surface area contributed by atoms with E-state index in [2.05, 4.69) is 20.7 Å². The van der Waals surface area contributed by atoms with Crippen LogP contribution in [0.5, 0.6) is 11.5 Å². The van der Waals surface area contributed by atoms with Crippen molar-refractivity contribution in [1.29, 1.82) is 0 Å². The Morgan fingerprint density at radius 2 is 1.97 bits per heavy atom. The van der Waals surface area contributed by atoms with E-state index in [4.69, 9.17) is 21.7 Å². The van der Waals surface area contributed by atoms with E-state index in [1.807, 2.05) is 31.2 Å². The van der Waals surface area contributed by atoms with Gasteiger partial charge in [-0.1, -0.05) is 58.1 Å². The Morgan fingerprint density at radius 1 is 1.23 bits per heavy atom. The standard InChI is InChI=1S/C21H18BrNO5S2/c1-12-6-4-5-7-15(12)23-20(25)18(30-21(23)29)9-13-8-16(26-2)17(10-14(13)22)28-11-19(24)27-3/h4-10H,11H2,1-3H3/b18-9+. The molecule has 0 unspecified atom stereocenters. The van der Waals surface area contributed by atoms with Crippen molar-refractivity contribution >= 4 is 67.9 Å². The molecule has 30 heavy (non-hydrogen) atoms. The highest BCUT2D eigenvalue weighted by molar-refractivity contribution is 9.10. The molecule has 0 aliphatic carbocycles. The summed E-state index contributed by atoms with van der Waals surface area (Å²) in [6.07, 6.45) is 1.74. The summed E-state index contributed by atoms with van der Waals surface area (Å²) < 4.78 is 16.6. The van der Waals surface area contributed by atoms with Crippen molar-refractivity contribution in [2.75, 3.05) is 25.7 Å². The van der Waals surface area contributed by atoms with Gasteiger partial charge in [0, 0.05) is 4.47 Å². The molecule has 1 aliphatic heterocycles. The smallest absolute Gasteiger partial charge is 0.343 e. The Morgan fingerprint density at radius 3 is 2.63 bits per heavy atom. The molecule has 0 radical (unpaired) electrons. The number of esters is 1. The van der Waals surface area contributed by atoms with Crippen LogP contribution in [0.15, 0.2) is 45.8 Å². The lowest BCUT2D eigenvalue weighted by Crippen LogP contribution is -2.28. The first kappa shape index (κ1) is 22.3. The van der Waals surface area contributed by atoms with Crippen LogP contribution in [-0.2, 0) is 14.3 Å². The Hall–Kier alpha value is -2.36. The molecule has 1 heterocycles. The highest BCUT2D eigenvalue weighted by Gasteiger charge is 2.34. The number of halogens is 1. The number of benzene rings is 2. The summed E-state index contributed by atoms with van der Waals surface area (Å²) in [6.45, 7) is 1.69. The van der Waals surface area contributed by atoms with Crippen LogP contribution in [0.3, 0.4) is 0 Å². The predicted molar refractivity (Wildman–Crippen MR) is 125 cm³/mol. The zero-order chi connectivity index (χ0) is 21.8. The topological polar surface area (TPSA) is 65.1 Å². The zero-order valence-corrected chi connectivity index (χ0v) is 19.7. The number of anilines is 1. The summed E-state index contributed by atoms with van der Waals surface area (Å²) in [5.74, 6) is 0.107. The summed E-state index contributed by atoms with van der Waals surface area (Å²) in [5.41, 5.74) is 2.44. The number of aryl methyl sites for hydroxylation is 1. The molecular formula is C21H18BrNO5S2. The van der Waals surface area contributed by atoms with Gasteiger partial charge in [-0.05, 0) is 42.3 Å². The lowest BCUT2D eigenvalue weighted by atomic mass is 10.1. The molecule has 2 aromatic carbocycles. The van der Waals surface area contributed by atoms with Crippen molar-refractivity contribution < 1.29 is 23.8 Å². The van der Waals surface area contributed by atoms with Gasteiger partial charge in [-0.3, -0.25) is 9.69 Å². The molecule has 0 spiro atoms. The van der Waals surface area contributed by atoms with Crippen LogP contribution < -0.4 is 14.4 Å². The van der Waals surface area contributed by atoms with Gasteiger partial charge in [0.15, 0.2) is 22.4 Å². The van der Waals surface area contributed by atoms with Crippen LogP contribution in [0.1, 0.15) is 11.1 Å². The number of nitrogens with zero attached hydrogens (tertiary/aromatic N) is 1. The van der Waals surface area contributed by atoms with E-state index < -0.39 is 5.97 Å². The van der Waals surface area contributed by atoms with Gasteiger partial charge < -0.3 is 14.2 Å². The molecule has 1 fully saturated rings. The van der Waals surface area contributed by atoms with Crippen LogP contribution >= 0.6 is 39.9 Å². The van der Waals surface area contributed by atoms with E-state index in [1.54, 1.807) is 23.1 Å². The van der Waals surface area contributed by atoms with Crippen molar-refractivity contribution in [2.45, 2.75) is 6.92 Å².